The SMILES string of the molecule is O=C1CNC(=O)N1CCN1C[C@H](O)C[C@@H]1c1cccc(F)c1. The first-order valence-electron chi connectivity index (χ1n) is 7.30. The second-order valence-electron chi connectivity index (χ2n) is 5.66. The van der Waals surface area contributed by atoms with Gasteiger partial charge in [0.1, 0.15) is 5.82 Å². The lowest BCUT2D eigenvalue weighted by atomic mass is 10.0. The molecule has 7 heteroatoms. The number of aliphatic hydroxyl groups is 1. The highest BCUT2D eigenvalue weighted by Crippen LogP contribution is 2.32. The summed E-state index contributed by atoms with van der Waals surface area (Å²) in [5, 5.41) is 12.4. The van der Waals surface area contributed by atoms with Gasteiger partial charge in [-0.3, -0.25) is 14.6 Å². The molecule has 0 aliphatic carbocycles. The minimum Gasteiger partial charge on any atom is -0.392 e. The van der Waals surface area contributed by atoms with Crippen LogP contribution in [0.4, 0.5) is 9.18 Å². The van der Waals surface area contributed by atoms with Crippen LogP contribution in [-0.4, -0.2) is 59.1 Å². The van der Waals surface area contributed by atoms with Crippen molar-refractivity contribution in [1.82, 2.24) is 15.1 Å². The predicted octanol–water partition coefficient (Wildman–Crippen LogP) is 0.485. The molecule has 2 saturated heterocycles. The van der Waals surface area contributed by atoms with Gasteiger partial charge in [-0.15, -0.1) is 0 Å². The predicted molar refractivity (Wildman–Crippen MR) is 76.4 cm³/mol. The molecule has 2 atom stereocenters. The Morgan fingerprint density at radius 1 is 1.32 bits per heavy atom. The smallest absolute Gasteiger partial charge is 0.324 e. The van der Waals surface area contributed by atoms with Gasteiger partial charge in [0.25, 0.3) is 0 Å². The van der Waals surface area contributed by atoms with E-state index in [2.05, 4.69) is 5.32 Å². The molecule has 6 nitrogen and oxygen atoms in total. The summed E-state index contributed by atoms with van der Waals surface area (Å²) in [6.07, 6.45) is 0.0280. The molecule has 0 radical (unpaired) electrons. The van der Waals surface area contributed by atoms with Crippen LogP contribution in [0.1, 0.15) is 18.0 Å². The standard InChI is InChI=1S/C15H18FN3O3/c16-11-3-1-2-10(6-11)13-7-12(20)9-18(13)4-5-19-14(21)8-17-15(19)22/h1-3,6,12-13,20H,4-5,7-9H2,(H,17,22)/t12-,13-/m1/s1. The zero-order valence-corrected chi connectivity index (χ0v) is 12.0. The fourth-order valence-electron chi connectivity index (χ4n) is 3.10. The molecule has 2 aliphatic heterocycles. The molecule has 0 spiro atoms. The van der Waals surface area contributed by atoms with E-state index in [1.165, 1.54) is 17.0 Å². The number of benzene rings is 1. The summed E-state index contributed by atoms with van der Waals surface area (Å²) in [5.74, 6) is -0.556. The van der Waals surface area contributed by atoms with Crippen molar-refractivity contribution in [2.45, 2.75) is 18.6 Å². The molecule has 22 heavy (non-hydrogen) atoms. The molecule has 118 valence electrons. The molecule has 2 N–H and O–H groups in total. The van der Waals surface area contributed by atoms with Crippen molar-refractivity contribution >= 4 is 11.9 Å². The number of hydrogen-bond acceptors (Lipinski definition) is 4. The molecule has 2 heterocycles. The summed E-state index contributed by atoms with van der Waals surface area (Å²) in [6.45, 7) is 1.21. The van der Waals surface area contributed by atoms with Crippen molar-refractivity contribution in [2.24, 2.45) is 0 Å². The molecule has 2 aliphatic rings. The molecule has 3 amide bonds. The number of carbonyl (C=O) groups excluding carboxylic acids is 2. The third kappa shape index (κ3) is 2.95. The van der Waals surface area contributed by atoms with Crippen molar-refractivity contribution < 1.29 is 19.1 Å². The topological polar surface area (TPSA) is 72.9 Å². The van der Waals surface area contributed by atoms with Crippen molar-refractivity contribution in [3.63, 3.8) is 0 Å². The number of amides is 3. The Morgan fingerprint density at radius 2 is 2.14 bits per heavy atom. The van der Waals surface area contributed by atoms with Crippen LogP contribution in [0, 0.1) is 5.82 Å². The number of aliphatic hydroxyl groups excluding tert-OH is 1. The Bertz CT molecular complexity index is 579. The zero-order valence-electron chi connectivity index (χ0n) is 12.0. The van der Waals surface area contributed by atoms with Crippen LogP contribution in [-0.2, 0) is 4.79 Å². The number of urea groups is 1. The lowest BCUT2D eigenvalue weighted by Crippen LogP contribution is -2.39. The average molecular weight is 307 g/mol. The highest BCUT2D eigenvalue weighted by molar-refractivity contribution is 6.01. The lowest BCUT2D eigenvalue weighted by Gasteiger charge is -2.26. The van der Waals surface area contributed by atoms with Gasteiger partial charge in [-0.2, -0.15) is 0 Å². The Hall–Kier alpha value is -1.99. The number of halogens is 1. The lowest BCUT2D eigenvalue weighted by molar-refractivity contribution is -0.125. The van der Waals surface area contributed by atoms with E-state index in [1.54, 1.807) is 6.07 Å². The van der Waals surface area contributed by atoms with E-state index in [0.29, 0.717) is 19.5 Å². The van der Waals surface area contributed by atoms with Gasteiger partial charge in [-0.25, -0.2) is 9.18 Å². The highest BCUT2D eigenvalue weighted by atomic mass is 19.1. The minimum atomic E-state index is -0.489. The Kier molecular flexibility index (Phi) is 4.08. The second-order valence-corrected chi connectivity index (χ2v) is 5.66. The van der Waals surface area contributed by atoms with E-state index in [1.807, 2.05) is 11.0 Å². The van der Waals surface area contributed by atoms with E-state index in [0.717, 1.165) is 5.56 Å². The van der Waals surface area contributed by atoms with Gasteiger partial charge in [0.05, 0.1) is 12.6 Å². The maximum atomic E-state index is 13.4. The maximum Gasteiger partial charge on any atom is 0.324 e. The minimum absolute atomic E-state index is 0.0365. The summed E-state index contributed by atoms with van der Waals surface area (Å²) in [5.41, 5.74) is 0.800. The van der Waals surface area contributed by atoms with E-state index in [9.17, 15) is 19.1 Å². The van der Waals surface area contributed by atoms with E-state index < -0.39 is 6.10 Å². The molecule has 2 fully saturated rings. The van der Waals surface area contributed by atoms with Gasteiger partial charge in [0, 0.05) is 25.7 Å². The van der Waals surface area contributed by atoms with Gasteiger partial charge in [0.15, 0.2) is 0 Å². The maximum absolute atomic E-state index is 13.4. The van der Waals surface area contributed by atoms with Gasteiger partial charge < -0.3 is 10.4 Å². The number of carbonyl (C=O) groups is 2. The largest absolute Gasteiger partial charge is 0.392 e. The van der Waals surface area contributed by atoms with Crippen molar-refractivity contribution in [1.29, 1.82) is 0 Å². The first kappa shape index (κ1) is 14.9. The fraction of sp³-hybridized carbons (Fsp3) is 0.467. The molecule has 0 bridgehead atoms. The van der Waals surface area contributed by atoms with Gasteiger partial charge in [0.2, 0.25) is 5.91 Å². The monoisotopic (exact) mass is 307 g/mol. The third-order valence-corrected chi connectivity index (χ3v) is 4.16. The molecular weight excluding hydrogens is 289 g/mol. The molecule has 3 rings (SSSR count). The van der Waals surface area contributed by atoms with Crippen LogP contribution in [0.15, 0.2) is 24.3 Å². The van der Waals surface area contributed by atoms with Crippen LogP contribution in [0.5, 0.6) is 0 Å². The van der Waals surface area contributed by atoms with E-state index in [4.69, 9.17) is 0 Å². The Balaban J connectivity index is 1.69. The zero-order chi connectivity index (χ0) is 15.7. The number of nitrogens with one attached hydrogen (secondary N) is 1. The number of imide groups is 1. The normalized spacial score (nSPS) is 25.8. The second kappa shape index (κ2) is 6.02. The number of likely N-dealkylation sites (tertiary alicyclic amines) is 1. The van der Waals surface area contributed by atoms with Crippen molar-refractivity contribution in [2.75, 3.05) is 26.2 Å². The summed E-state index contributed by atoms with van der Waals surface area (Å²) in [4.78, 5) is 26.3. The number of nitrogens with zero attached hydrogens (tertiary/aromatic N) is 2. The summed E-state index contributed by atoms with van der Waals surface area (Å²) >= 11 is 0. The molecule has 1 aromatic rings. The highest BCUT2D eigenvalue weighted by Gasteiger charge is 2.34. The third-order valence-electron chi connectivity index (χ3n) is 4.16. The fourth-order valence-corrected chi connectivity index (χ4v) is 3.10. The molecule has 0 saturated carbocycles. The van der Waals surface area contributed by atoms with Gasteiger partial charge in [-0.05, 0) is 24.1 Å². The van der Waals surface area contributed by atoms with Crippen molar-refractivity contribution in [3.8, 4) is 0 Å². The van der Waals surface area contributed by atoms with Crippen LogP contribution < -0.4 is 5.32 Å². The number of hydrogen-bond donors (Lipinski definition) is 2. The summed E-state index contributed by atoms with van der Waals surface area (Å²) in [6, 6.07) is 5.83. The van der Waals surface area contributed by atoms with Crippen LogP contribution >= 0.6 is 0 Å². The Labute approximate surface area is 127 Å². The number of rotatable bonds is 4. The summed E-state index contributed by atoms with van der Waals surface area (Å²) < 4.78 is 13.4. The van der Waals surface area contributed by atoms with E-state index in [-0.39, 0.29) is 36.9 Å². The van der Waals surface area contributed by atoms with E-state index >= 15 is 0 Å². The van der Waals surface area contributed by atoms with Crippen molar-refractivity contribution in [3.05, 3.63) is 35.6 Å². The first-order valence-corrected chi connectivity index (χ1v) is 7.30. The van der Waals surface area contributed by atoms with Crippen LogP contribution in [0.25, 0.3) is 0 Å². The average Bonchev–Trinajstić information content (AvgIpc) is 3.00. The summed E-state index contributed by atoms with van der Waals surface area (Å²) in [7, 11) is 0. The van der Waals surface area contributed by atoms with Crippen LogP contribution in [0.2, 0.25) is 0 Å². The van der Waals surface area contributed by atoms with Crippen LogP contribution in [0.3, 0.4) is 0 Å². The molecule has 1 aromatic carbocycles. The first-order chi connectivity index (χ1) is 10.5. The van der Waals surface area contributed by atoms with Gasteiger partial charge >= 0.3 is 6.03 Å². The Morgan fingerprint density at radius 3 is 2.82 bits per heavy atom. The van der Waals surface area contributed by atoms with Gasteiger partial charge in [-0.1, -0.05) is 12.1 Å². The quantitative estimate of drug-likeness (QED) is 0.794. The number of β-amino-alcohol motifs (C(OH)–C–C–N with tert-alkyl or cyclic N) is 1. The molecular formula is C15H18FN3O3. The molecule has 0 aromatic heterocycles. The molecule has 0 unspecified atom stereocenters.